The Morgan fingerprint density at radius 2 is 0.677 bits per heavy atom. The Kier molecular flexibility index (Phi) is 6.03. The van der Waals surface area contributed by atoms with Crippen LogP contribution in [0.25, 0.3) is 0 Å². The summed E-state index contributed by atoms with van der Waals surface area (Å²) in [6, 6.07) is 37.3. The Hall–Kier alpha value is -4.00. The zero-order chi connectivity index (χ0) is 21.5. The minimum absolute atomic E-state index is 0.100. The molecule has 0 aromatic heterocycles. The third kappa shape index (κ3) is 5.14. The van der Waals surface area contributed by atoms with Gasteiger partial charge in [0, 0.05) is 27.7 Å². The number of hydrogen-bond acceptors (Lipinski definition) is 0. The highest BCUT2D eigenvalue weighted by atomic mass is 14.3. The molecular weight excluding hydrogens is 372 g/mol. The molecule has 4 rings (SSSR count). The molecule has 0 fully saturated rings. The molecule has 31 heavy (non-hydrogen) atoms. The van der Waals surface area contributed by atoms with Crippen LogP contribution in [0.15, 0.2) is 109 Å². The molecular formula is C31H24. The molecule has 4 aromatic carbocycles. The van der Waals surface area contributed by atoms with Crippen molar-refractivity contribution in [2.24, 2.45) is 0 Å². The summed E-state index contributed by atoms with van der Waals surface area (Å²) in [5, 5.41) is 0. The number of rotatable bonds is 2. The predicted octanol–water partition coefficient (Wildman–Crippen LogP) is 6.81. The summed E-state index contributed by atoms with van der Waals surface area (Å²) in [4.78, 5) is 0. The maximum Gasteiger partial charge on any atom is 0.0249 e. The Bertz CT molecular complexity index is 1150. The van der Waals surface area contributed by atoms with Gasteiger partial charge in [-0.3, -0.25) is 0 Å². The first-order chi connectivity index (χ1) is 15.1. The van der Waals surface area contributed by atoms with Crippen molar-refractivity contribution in [3.63, 3.8) is 0 Å². The average molecular weight is 397 g/mol. The lowest BCUT2D eigenvalue weighted by molar-refractivity contribution is 0.641. The summed E-state index contributed by atoms with van der Waals surface area (Å²) in [7, 11) is 0. The third-order valence-electron chi connectivity index (χ3n) is 5.46. The van der Waals surface area contributed by atoms with Crippen LogP contribution in [0.2, 0.25) is 0 Å². The van der Waals surface area contributed by atoms with Crippen LogP contribution in [0.4, 0.5) is 0 Å². The Morgan fingerprint density at radius 1 is 0.387 bits per heavy atom. The van der Waals surface area contributed by atoms with Crippen LogP contribution in [-0.4, -0.2) is 0 Å². The molecule has 0 nitrogen and oxygen atoms in total. The highest BCUT2D eigenvalue weighted by Gasteiger charge is 2.22. The fourth-order valence-corrected chi connectivity index (χ4v) is 3.44. The van der Waals surface area contributed by atoms with E-state index in [1.165, 1.54) is 11.1 Å². The summed E-state index contributed by atoms with van der Waals surface area (Å²) in [6.45, 7) is 4.50. The second-order valence-electron chi connectivity index (χ2n) is 8.01. The van der Waals surface area contributed by atoms with Crippen LogP contribution < -0.4 is 0 Å². The van der Waals surface area contributed by atoms with E-state index in [9.17, 15) is 0 Å². The maximum atomic E-state index is 3.25. The second-order valence-corrected chi connectivity index (χ2v) is 8.01. The highest BCUT2D eigenvalue weighted by molar-refractivity contribution is 5.48. The molecule has 0 spiro atoms. The summed E-state index contributed by atoms with van der Waals surface area (Å²) in [5.41, 5.74) is 6.54. The molecule has 0 unspecified atom stereocenters. The zero-order valence-electron chi connectivity index (χ0n) is 17.9. The predicted molar refractivity (Wildman–Crippen MR) is 130 cm³/mol. The van der Waals surface area contributed by atoms with E-state index in [0.29, 0.717) is 0 Å². The number of hydrogen-bond donors (Lipinski definition) is 0. The van der Waals surface area contributed by atoms with Crippen molar-refractivity contribution in [2.45, 2.75) is 19.3 Å². The van der Waals surface area contributed by atoms with Crippen LogP contribution in [0.3, 0.4) is 0 Å². The van der Waals surface area contributed by atoms with Gasteiger partial charge in [0.05, 0.1) is 0 Å². The molecule has 0 aliphatic heterocycles. The quantitative estimate of drug-likeness (QED) is 0.326. The van der Waals surface area contributed by atoms with E-state index in [1.807, 2.05) is 60.7 Å². The van der Waals surface area contributed by atoms with E-state index in [4.69, 9.17) is 0 Å². The van der Waals surface area contributed by atoms with Crippen molar-refractivity contribution in [1.29, 1.82) is 0 Å². The molecule has 0 heterocycles. The molecule has 0 aliphatic carbocycles. The molecule has 0 bridgehead atoms. The molecule has 148 valence electrons. The average Bonchev–Trinajstić information content (AvgIpc) is 2.83. The van der Waals surface area contributed by atoms with Crippen molar-refractivity contribution in [3.05, 3.63) is 143 Å². The zero-order valence-corrected chi connectivity index (χ0v) is 17.9. The first kappa shape index (κ1) is 20.3. The van der Waals surface area contributed by atoms with Gasteiger partial charge in [0.15, 0.2) is 0 Å². The molecule has 0 saturated carbocycles. The standard InChI is InChI=1S/C31H24/c1-31(2,29-21-17-27(18-22-29)15-13-25-9-5-3-6-10-25)30-23-19-28(20-24-30)16-14-26-11-7-4-8-12-26/h3-12,17-24H,1-2H3. The summed E-state index contributed by atoms with van der Waals surface area (Å²) in [6.07, 6.45) is 0. The first-order valence-corrected chi connectivity index (χ1v) is 10.5. The van der Waals surface area contributed by atoms with Crippen LogP contribution in [0.5, 0.6) is 0 Å². The van der Waals surface area contributed by atoms with Gasteiger partial charge in [0.25, 0.3) is 0 Å². The van der Waals surface area contributed by atoms with Crippen molar-refractivity contribution in [1.82, 2.24) is 0 Å². The molecule has 0 heteroatoms. The topological polar surface area (TPSA) is 0 Å². The van der Waals surface area contributed by atoms with Gasteiger partial charge in [-0.25, -0.2) is 0 Å². The van der Waals surface area contributed by atoms with Crippen LogP contribution in [0.1, 0.15) is 47.2 Å². The lowest BCUT2D eigenvalue weighted by Gasteiger charge is -2.26. The SMILES string of the molecule is CC(C)(c1ccc(C#Cc2ccccc2)cc1)c1ccc(C#Cc2ccccc2)cc1. The van der Waals surface area contributed by atoms with Gasteiger partial charge in [-0.15, -0.1) is 0 Å². The molecule has 4 aromatic rings. The lowest BCUT2D eigenvalue weighted by Crippen LogP contribution is -2.18. The minimum Gasteiger partial charge on any atom is -0.0622 e. The molecule has 0 N–H and O–H groups in total. The summed E-state index contributed by atoms with van der Waals surface area (Å²) in [5.74, 6) is 12.9. The molecule has 0 aliphatic rings. The van der Waals surface area contributed by atoms with E-state index < -0.39 is 0 Å². The first-order valence-electron chi connectivity index (χ1n) is 10.5. The van der Waals surface area contributed by atoms with Crippen molar-refractivity contribution >= 4 is 0 Å². The smallest absolute Gasteiger partial charge is 0.0249 e. The van der Waals surface area contributed by atoms with E-state index in [1.54, 1.807) is 0 Å². The third-order valence-corrected chi connectivity index (χ3v) is 5.46. The van der Waals surface area contributed by atoms with Gasteiger partial charge in [-0.1, -0.05) is 98.2 Å². The minimum atomic E-state index is -0.100. The van der Waals surface area contributed by atoms with Gasteiger partial charge in [-0.05, 0) is 59.7 Å². The van der Waals surface area contributed by atoms with Crippen molar-refractivity contribution in [3.8, 4) is 23.7 Å². The second kappa shape index (κ2) is 9.21. The molecule has 0 atom stereocenters. The van der Waals surface area contributed by atoms with E-state index in [-0.39, 0.29) is 5.41 Å². The fourth-order valence-electron chi connectivity index (χ4n) is 3.44. The number of benzene rings is 4. The molecule has 0 saturated heterocycles. The van der Waals surface area contributed by atoms with Gasteiger partial charge < -0.3 is 0 Å². The normalized spacial score (nSPS) is 10.4. The maximum absolute atomic E-state index is 3.25. The van der Waals surface area contributed by atoms with Crippen molar-refractivity contribution < 1.29 is 0 Å². The van der Waals surface area contributed by atoms with Gasteiger partial charge in [-0.2, -0.15) is 0 Å². The van der Waals surface area contributed by atoms with Crippen molar-refractivity contribution in [2.75, 3.05) is 0 Å². The lowest BCUT2D eigenvalue weighted by atomic mass is 9.78. The van der Waals surface area contributed by atoms with E-state index >= 15 is 0 Å². The van der Waals surface area contributed by atoms with Crippen LogP contribution >= 0.6 is 0 Å². The van der Waals surface area contributed by atoms with Gasteiger partial charge in [0.1, 0.15) is 0 Å². The van der Waals surface area contributed by atoms with Gasteiger partial charge >= 0.3 is 0 Å². The molecule has 0 radical (unpaired) electrons. The van der Waals surface area contributed by atoms with Crippen LogP contribution in [0, 0.1) is 23.7 Å². The largest absolute Gasteiger partial charge is 0.0622 e. The van der Waals surface area contributed by atoms with Gasteiger partial charge in [0.2, 0.25) is 0 Å². The van der Waals surface area contributed by atoms with E-state index in [2.05, 4.69) is 86.1 Å². The highest BCUT2D eigenvalue weighted by Crippen LogP contribution is 2.31. The van der Waals surface area contributed by atoms with Crippen LogP contribution in [-0.2, 0) is 5.41 Å². The summed E-state index contributed by atoms with van der Waals surface area (Å²) < 4.78 is 0. The summed E-state index contributed by atoms with van der Waals surface area (Å²) >= 11 is 0. The Labute approximate surface area is 185 Å². The van der Waals surface area contributed by atoms with E-state index in [0.717, 1.165) is 22.3 Å². The monoisotopic (exact) mass is 396 g/mol. The Balaban J connectivity index is 1.50. The Morgan fingerprint density at radius 3 is 1.00 bits per heavy atom. The fraction of sp³-hybridized carbons (Fsp3) is 0.0968. The molecule has 0 amide bonds.